The topological polar surface area (TPSA) is 82.7 Å². The van der Waals surface area contributed by atoms with Crippen LogP contribution in [0.25, 0.3) is 0 Å². The second kappa shape index (κ2) is 6.02. The number of rotatable bonds is 6. The number of nitrogens with one attached hydrogen (secondary N) is 1. The Bertz CT molecular complexity index is 399. The third-order valence-corrected chi connectivity index (χ3v) is 3.18. The molecule has 0 saturated carbocycles. The van der Waals surface area contributed by atoms with Gasteiger partial charge in [0.05, 0.1) is 18.8 Å². The summed E-state index contributed by atoms with van der Waals surface area (Å²) in [6.45, 7) is 4.90. The number of hydrogen-bond acceptors (Lipinski definition) is 4. The minimum Gasteiger partial charge on any atom is -0.456 e. The van der Waals surface area contributed by atoms with Crippen LogP contribution in [-0.4, -0.2) is 34.9 Å². The highest BCUT2D eigenvalue weighted by Gasteiger charge is 2.30. The van der Waals surface area contributed by atoms with Gasteiger partial charge in [-0.15, -0.1) is 0 Å². The highest BCUT2D eigenvalue weighted by atomic mass is 16.4. The predicted molar refractivity (Wildman–Crippen MR) is 67.5 cm³/mol. The summed E-state index contributed by atoms with van der Waals surface area (Å²) in [4.78, 5) is 12.1. The predicted octanol–water partition coefficient (Wildman–Crippen LogP) is 1.01. The van der Waals surface area contributed by atoms with E-state index in [2.05, 4.69) is 5.32 Å². The summed E-state index contributed by atoms with van der Waals surface area (Å²) in [5.74, 6) is 0.580. The van der Waals surface area contributed by atoms with Crippen molar-refractivity contribution in [2.75, 3.05) is 13.2 Å². The van der Waals surface area contributed by atoms with E-state index in [9.17, 15) is 15.0 Å². The van der Waals surface area contributed by atoms with Crippen molar-refractivity contribution >= 4 is 5.91 Å². The Balaban J connectivity index is 2.90. The monoisotopic (exact) mass is 255 g/mol. The van der Waals surface area contributed by atoms with Crippen LogP contribution in [0.15, 0.2) is 10.5 Å². The van der Waals surface area contributed by atoms with Gasteiger partial charge in [0.25, 0.3) is 5.91 Å². The molecule has 0 aliphatic rings. The summed E-state index contributed by atoms with van der Waals surface area (Å²) < 4.78 is 5.43. The zero-order valence-electron chi connectivity index (χ0n) is 11.1. The van der Waals surface area contributed by atoms with E-state index in [4.69, 9.17) is 4.42 Å². The van der Waals surface area contributed by atoms with Gasteiger partial charge >= 0.3 is 0 Å². The first-order valence-electron chi connectivity index (χ1n) is 6.15. The maximum atomic E-state index is 12.1. The first-order valence-corrected chi connectivity index (χ1v) is 6.15. The molecule has 1 heterocycles. The molecule has 18 heavy (non-hydrogen) atoms. The van der Waals surface area contributed by atoms with Crippen molar-refractivity contribution in [1.29, 1.82) is 0 Å². The van der Waals surface area contributed by atoms with Gasteiger partial charge in [0.15, 0.2) is 5.76 Å². The van der Waals surface area contributed by atoms with E-state index in [1.54, 1.807) is 13.8 Å². The van der Waals surface area contributed by atoms with Crippen LogP contribution in [-0.2, 0) is 6.42 Å². The highest BCUT2D eigenvalue weighted by Crippen LogP contribution is 2.17. The number of hydrogen-bond donors (Lipinski definition) is 3. The largest absolute Gasteiger partial charge is 0.456 e. The standard InChI is InChI=1S/C13H21NO4/c1-4-10-6-9(3)11(18-10)12(17)14-13(5-2,7-15)8-16/h6,15-16H,4-5,7-8H2,1-3H3,(H,14,17). The summed E-state index contributed by atoms with van der Waals surface area (Å²) in [6, 6.07) is 1.82. The molecule has 1 aromatic heterocycles. The summed E-state index contributed by atoms with van der Waals surface area (Å²) in [5, 5.41) is 21.2. The lowest BCUT2D eigenvalue weighted by molar-refractivity contribution is 0.0630. The van der Waals surface area contributed by atoms with E-state index in [1.807, 2.05) is 13.0 Å². The number of amides is 1. The minimum atomic E-state index is -0.997. The second-order valence-corrected chi connectivity index (χ2v) is 4.48. The molecular weight excluding hydrogens is 234 g/mol. The Hall–Kier alpha value is -1.33. The fraction of sp³-hybridized carbons (Fsp3) is 0.615. The zero-order valence-corrected chi connectivity index (χ0v) is 11.1. The molecule has 0 radical (unpaired) electrons. The molecule has 0 fully saturated rings. The number of carbonyl (C=O) groups is 1. The fourth-order valence-electron chi connectivity index (χ4n) is 1.69. The van der Waals surface area contributed by atoms with Crippen LogP contribution in [0.2, 0.25) is 0 Å². The highest BCUT2D eigenvalue weighted by molar-refractivity contribution is 5.93. The Morgan fingerprint density at radius 1 is 1.39 bits per heavy atom. The van der Waals surface area contributed by atoms with E-state index < -0.39 is 11.4 Å². The van der Waals surface area contributed by atoms with E-state index in [1.165, 1.54) is 0 Å². The lowest BCUT2D eigenvalue weighted by atomic mass is 9.98. The molecule has 0 bridgehead atoms. The van der Waals surface area contributed by atoms with E-state index in [0.29, 0.717) is 12.8 Å². The lowest BCUT2D eigenvalue weighted by Gasteiger charge is -2.29. The molecule has 0 saturated heterocycles. The SMILES string of the molecule is CCc1cc(C)c(C(=O)NC(CC)(CO)CO)o1. The molecule has 0 spiro atoms. The first kappa shape index (κ1) is 14.7. The average Bonchev–Trinajstić information content (AvgIpc) is 2.77. The maximum absolute atomic E-state index is 12.1. The molecule has 1 rings (SSSR count). The average molecular weight is 255 g/mol. The number of aliphatic hydroxyl groups excluding tert-OH is 2. The van der Waals surface area contributed by atoms with E-state index in [-0.39, 0.29) is 19.0 Å². The van der Waals surface area contributed by atoms with Gasteiger partial charge < -0.3 is 19.9 Å². The second-order valence-electron chi connectivity index (χ2n) is 4.48. The first-order chi connectivity index (χ1) is 8.51. The summed E-state index contributed by atoms with van der Waals surface area (Å²) in [5.41, 5.74) is -0.242. The van der Waals surface area contributed by atoms with Gasteiger partial charge in [-0.3, -0.25) is 4.79 Å². The molecule has 5 heteroatoms. The molecule has 1 amide bonds. The Labute approximate surface area is 107 Å². The smallest absolute Gasteiger partial charge is 0.287 e. The molecule has 3 N–H and O–H groups in total. The van der Waals surface area contributed by atoms with Crippen molar-refractivity contribution in [2.45, 2.75) is 39.2 Å². The molecule has 1 aromatic rings. The van der Waals surface area contributed by atoms with Gasteiger partial charge in [0.1, 0.15) is 5.76 Å². The quantitative estimate of drug-likeness (QED) is 0.708. The van der Waals surface area contributed by atoms with E-state index in [0.717, 1.165) is 11.3 Å². The molecule has 0 aromatic carbocycles. The number of aliphatic hydroxyl groups is 2. The number of carbonyl (C=O) groups excluding carboxylic acids is 1. The zero-order chi connectivity index (χ0) is 13.8. The van der Waals surface area contributed by atoms with Gasteiger partial charge in [-0.25, -0.2) is 0 Å². The molecule has 0 atom stereocenters. The fourth-order valence-corrected chi connectivity index (χ4v) is 1.69. The van der Waals surface area contributed by atoms with E-state index >= 15 is 0 Å². The van der Waals surface area contributed by atoms with Crippen molar-refractivity contribution in [3.05, 3.63) is 23.2 Å². The Morgan fingerprint density at radius 2 is 2.00 bits per heavy atom. The van der Waals surface area contributed by atoms with Gasteiger partial charge in [-0.2, -0.15) is 0 Å². The third kappa shape index (κ3) is 2.91. The summed E-state index contributed by atoms with van der Waals surface area (Å²) in [7, 11) is 0. The molecule has 0 aliphatic carbocycles. The molecule has 0 unspecified atom stereocenters. The molecule has 5 nitrogen and oxygen atoms in total. The van der Waals surface area contributed by atoms with Crippen molar-refractivity contribution in [1.82, 2.24) is 5.32 Å². The van der Waals surface area contributed by atoms with Gasteiger partial charge in [0.2, 0.25) is 0 Å². The van der Waals surface area contributed by atoms with Crippen molar-refractivity contribution in [3.8, 4) is 0 Å². The molecular formula is C13H21NO4. The third-order valence-electron chi connectivity index (χ3n) is 3.18. The van der Waals surface area contributed by atoms with Gasteiger partial charge in [-0.05, 0) is 19.4 Å². The maximum Gasteiger partial charge on any atom is 0.287 e. The normalized spacial score (nSPS) is 11.6. The van der Waals surface area contributed by atoms with Crippen molar-refractivity contribution in [2.24, 2.45) is 0 Å². The van der Waals surface area contributed by atoms with Crippen molar-refractivity contribution in [3.63, 3.8) is 0 Å². The van der Waals surface area contributed by atoms with Crippen LogP contribution in [0.4, 0.5) is 0 Å². The van der Waals surface area contributed by atoms with Crippen LogP contribution in [0, 0.1) is 6.92 Å². The summed E-state index contributed by atoms with van der Waals surface area (Å²) >= 11 is 0. The van der Waals surface area contributed by atoms with Crippen LogP contribution in [0.5, 0.6) is 0 Å². The number of aryl methyl sites for hydroxylation is 2. The van der Waals surface area contributed by atoms with Gasteiger partial charge in [0, 0.05) is 12.0 Å². The lowest BCUT2D eigenvalue weighted by Crippen LogP contribution is -2.53. The van der Waals surface area contributed by atoms with Crippen LogP contribution in [0.3, 0.4) is 0 Å². The summed E-state index contributed by atoms with van der Waals surface area (Å²) in [6.07, 6.45) is 1.15. The minimum absolute atomic E-state index is 0.242. The number of furan rings is 1. The Kier molecular flexibility index (Phi) is 4.93. The molecule has 102 valence electrons. The van der Waals surface area contributed by atoms with Crippen LogP contribution >= 0.6 is 0 Å². The Morgan fingerprint density at radius 3 is 2.39 bits per heavy atom. The van der Waals surface area contributed by atoms with Gasteiger partial charge in [-0.1, -0.05) is 13.8 Å². The van der Waals surface area contributed by atoms with Crippen LogP contribution < -0.4 is 5.32 Å². The molecule has 0 aliphatic heterocycles. The van der Waals surface area contributed by atoms with Crippen molar-refractivity contribution < 1.29 is 19.4 Å². The van der Waals surface area contributed by atoms with Crippen LogP contribution in [0.1, 0.15) is 42.1 Å².